The standard InChI is InChI=1S/C12H18O/c1-8-3-5-10-7-12(10)11(8)6-4-9(2)13/h10-12H,1,3-7H2,2H3/t10-,11-,12+/m1/s1. The highest BCUT2D eigenvalue weighted by atomic mass is 16.1. The van der Waals surface area contributed by atoms with E-state index in [1.807, 2.05) is 0 Å². The molecule has 2 saturated carbocycles. The molecule has 0 saturated heterocycles. The van der Waals surface area contributed by atoms with E-state index in [2.05, 4.69) is 6.58 Å². The summed E-state index contributed by atoms with van der Waals surface area (Å²) in [5, 5.41) is 0. The van der Waals surface area contributed by atoms with E-state index in [9.17, 15) is 4.79 Å². The van der Waals surface area contributed by atoms with Gasteiger partial charge in [-0.05, 0) is 50.4 Å². The van der Waals surface area contributed by atoms with Gasteiger partial charge in [-0.3, -0.25) is 0 Å². The van der Waals surface area contributed by atoms with E-state index in [-0.39, 0.29) is 0 Å². The lowest BCUT2D eigenvalue weighted by molar-refractivity contribution is -0.117. The van der Waals surface area contributed by atoms with Crippen molar-refractivity contribution in [3.05, 3.63) is 12.2 Å². The molecule has 2 rings (SSSR count). The summed E-state index contributed by atoms with van der Waals surface area (Å²) < 4.78 is 0. The van der Waals surface area contributed by atoms with Crippen molar-refractivity contribution in [2.75, 3.05) is 0 Å². The number of Topliss-reactive ketones (excluding diaryl/α,β-unsaturated/α-hetero) is 1. The average Bonchev–Trinajstić information content (AvgIpc) is 2.81. The van der Waals surface area contributed by atoms with Crippen LogP contribution in [0.2, 0.25) is 0 Å². The van der Waals surface area contributed by atoms with Crippen molar-refractivity contribution in [3.8, 4) is 0 Å². The minimum atomic E-state index is 0.329. The Morgan fingerprint density at radius 2 is 2.38 bits per heavy atom. The summed E-state index contributed by atoms with van der Waals surface area (Å²) in [6.45, 7) is 5.83. The monoisotopic (exact) mass is 178 g/mol. The van der Waals surface area contributed by atoms with Crippen LogP contribution in [-0.2, 0) is 4.79 Å². The summed E-state index contributed by atoms with van der Waals surface area (Å²) in [6.07, 6.45) is 5.80. The number of rotatable bonds is 3. The van der Waals surface area contributed by atoms with Gasteiger partial charge in [0.2, 0.25) is 0 Å². The van der Waals surface area contributed by atoms with Gasteiger partial charge in [-0.15, -0.1) is 0 Å². The second-order valence-electron chi connectivity index (χ2n) is 4.70. The van der Waals surface area contributed by atoms with Crippen LogP contribution < -0.4 is 0 Å². The zero-order valence-corrected chi connectivity index (χ0v) is 8.38. The molecule has 2 aliphatic carbocycles. The van der Waals surface area contributed by atoms with Gasteiger partial charge >= 0.3 is 0 Å². The first-order valence-corrected chi connectivity index (χ1v) is 5.35. The molecule has 2 fully saturated rings. The first kappa shape index (κ1) is 8.98. The molecule has 2 aliphatic rings. The Morgan fingerprint density at radius 3 is 3.08 bits per heavy atom. The Balaban J connectivity index is 1.89. The maximum absolute atomic E-state index is 10.9. The number of hydrogen-bond acceptors (Lipinski definition) is 1. The minimum absolute atomic E-state index is 0.329. The highest BCUT2D eigenvalue weighted by Gasteiger charge is 2.46. The number of allylic oxidation sites excluding steroid dienone is 1. The van der Waals surface area contributed by atoms with Gasteiger partial charge in [0.05, 0.1) is 0 Å². The second kappa shape index (κ2) is 3.28. The van der Waals surface area contributed by atoms with Gasteiger partial charge in [0, 0.05) is 6.42 Å². The molecule has 0 aliphatic heterocycles. The van der Waals surface area contributed by atoms with E-state index in [1.54, 1.807) is 6.92 Å². The summed E-state index contributed by atoms with van der Waals surface area (Å²) in [6, 6.07) is 0. The fraction of sp³-hybridized carbons (Fsp3) is 0.750. The molecule has 72 valence electrons. The SMILES string of the molecule is C=C1CC[C@@H]2C[C@@H]2[C@@H]1CCC(C)=O. The third-order valence-electron chi connectivity index (χ3n) is 3.66. The molecule has 0 aromatic carbocycles. The number of fused-ring (bicyclic) bond motifs is 1. The third-order valence-corrected chi connectivity index (χ3v) is 3.66. The molecule has 0 N–H and O–H groups in total. The summed E-state index contributed by atoms with van der Waals surface area (Å²) in [5.41, 5.74) is 1.42. The van der Waals surface area contributed by atoms with Gasteiger partial charge in [0.25, 0.3) is 0 Å². The van der Waals surface area contributed by atoms with Gasteiger partial charge in [-0.1, -0.05) is 12.2 Å². The highest BCUT2D eigenvalue weighted by Crippen LogP contribution is 2.55. The Morgan fingerprint density at radius 1 is 1.62 bits per heavy atom. The van der Waals surface area contributed by atoms with Gasteiger partial charge in [-0.25, -0.2) is 0 Å². The van der Waals surface area contributed by atoms with Crippen molar-refractivity contribution in [2.45, 2.75) is 39.0 Å². The van der Waals surface area contributed by atoms with Crippen LogP contribution in [0.15, 0.2) is 12.2 Å². The fourth-order valence-corrected chi connectivity index (χ4v) is 2.73. The number of hydrogen-bond donors (Lipinski definition) is 0. The van der Waals surface area contributed by atoms with Crippen LogP contribution in [0.25, 0.3) is 0 Å². The van der Waals surface area contributed by atoms with Crippen LogP contribution in [0.5, 0.6) is 0 Å². The first-order chi connectivity index (χ1) is 6.18. The first-order valence-electron chi connectivity index (χ1n) is 5.35. The van der Waals surface area contributed by atoms with E-state index >= 15 is 0 Å². The quantitative estimate of drug-likeness (QED) is 0.607. The molecule has 0 aromatic rings. The molecule has 0 bridgehead atoms. The van der Waals surface area contributed by atoms with Crippen LogP contribution in [0, 0.1) is 17.8 Å². The minimum Gasteiger partial charge on any atom is -0.300 e. The molecule has 13 heavy (non-hydrogen) atoms. The van der Waals surface area contributed by atoms with E-state index in [4.69, 9.17) is 0 Å². The van der Waals surface area contributed by atoms with Crippen LogP contribution in [0.4, 0.5) is 0 Å². The number of ketones is 1. The van der Waals surface area contributed by atoms with Gasteiger partial charge < -0.3 is 4.79 Å². The van der Waals surface area contributed by atoms with E-state index < -0.39 is 0 Å². The van der Waals surface area contributed by atoms with E-state index in [0.29, 0.717) is 11.7 Å². The highest BCUT2D eigenvalue weighted by molar-refractivity contribution is 5.75. The molecule has 0 heterocycles. The van der Waals surface area contributed by atoms with Crippen molar-refractivity contribution < 1.29 is 4.79 Å². The number of carbonyl (C=O) groups is 1. The summed E-state index contributed by atoms with van der Waals surface area (Å²) >= 11 is 0. The molecular formula is C12H18O. The molecule has 0 spiro atoms. The van der Waals surface area contributed by atoms with Gasteiger partial charge in [-0.2, -0.15) is 0 Å². The largest absolute Gasteiger partial charge is 0.300 e. The lowest BCUT2D eigenvalue weighted by atomic mass is 9.82. The van der Waals surface area contributed by atoms with Crippen LogP contribution in [-0.4, -0.2) is 5.78 Å². The zero-order valence-electron chi connectivity index (χ0n) is 8.38. The Labute approximate surface area is 80.2 Å². The average molecular weight is 178 g/mol. The van der Waals surface area contributed by atoms with Crippen LogP contribution >= 0.6 is 0 Å². The third kappa shape index (κ3) is 1.84. The molecule has 0 unspecified atom stereocenters. The fourth-order valence-electron chi connectivity index (χ4n) is 2.73. The Bertz CT molecular complexity index is 242. The second-order valence-corrected chi connectivity index (χ2v) is 4.70. The lowest BCUT2D eigenvalue weighted by Gasteiger charge is -2.23. The van der Waals surface area contributed by atoms with Crippen LogP contribution in [0.3, 0.4) is 0 Å². The lowest BCUT2D eigenvalue weighted by Crippen LogP contribution is -2.13. The summed E-state index contributed by atoms with van der Waals surface area (Å²) in [7, 11) is 0. The maximum atomic E-state index is 10.9. The maximum Gasteiger partial charge on any atom is 0.129 e. The van der Waals surface area contributed by atoms with Crippen molar-refractivity contribution in [1.82, 2.24) is 0 Å². The van der Waals surface area contributed by atoms with Crippen molar-refractivity contribution in [3.63, 3.8) is 0 Å². The summed E-state index contributed by atoms with van der Waals surface area (Å²) in [4.78, 5) is 10.9. The normalized spacial score (nSPS) is 37.0. The van der Waals surface area contributed by atoms with Gasteiger partial charge in [0.15, 0.2) is 0 Å². The van der Waals surface area contributed by atoms with Crippen molar-refractivity contribution >= 4 is 5.78 Å². The van der Waals surface area contributed by atoms with Crippen molar-refractivity contribution in [2.24, 2.45) is 17.8 Å². The molecule has 3 atom stereocenters. The van der Waals surface area contributed by atoms with Crippen molar-refractivity contribution in [1.29, 1.82) is 0 Å². The zero-order chi connectivity index (χ0) is 9.42. The smallest absolute Gasteiger partial charge is 0.129 e. The molecule has 0 amide bonds. The predicted octanol–water partition coefficient (Wildman–Crippen LogP) is 2.96. The predicted molar refractivity (Wildman–Crippen MR) is 53.4 cm³/mol. The molecule has 0 aromatic heterocycles. The molecule has 0 radical (unpaired) electrons. The Hall–Kier alpha value is -0.590. The molecule has 1 heteroatoms. The summed E-state index contributed by atoms with van der Waals surface area (Å²) in [5.74, 6) is 2.90. The number of carbonyl (C=O) groups excluding carboxylic acids is 1. The Kier molecular flexibility index (Phi) is 2.27. The molecule has 1 nitrogen and oxygen atoms in total. The van der Waals surface area contributed by atoms with Gasteiger partial charge in [0.1, 0.15) is 5.78 Å². The molecular weight excluding hydrogens is 160 g/mol. The topological polar surface area (TPSA) is 17.1 Å². The van der Waals surface area contributed by atoms with Crippen LogP contribution in [0.1, 0.15) is 39.0 Å². The van der Waals surface area contributed by atoms with E-state index in [1.165, 1.54) is 24.8 Å². The van der Waals surface area contributed by atoms with E-state index in [0.717, 1.165) is 24.7 Å².